The Hall–Kier alpha value is -2.61. The van der Waals surface area contributed by atoms with Crippen LogP contribution in [0, 0.1) is 0 Å². The molecular weight excluding hydrogens is 318 g/mol. The standard InChI is InChI=1S/C15H13N3O4S/c1-2-11-12(23-17-16-11)15(21)22-8-7-18-13(19)9-5-3-4-6-10(9)14(18)20/h3-6H,2,7-8H2,1H3. The summed E-state index contributed by atoms with van der Waals surface area (Å²) >= 11 is 0.973. The molecule has 0 spiro atoms. The SMILES string of the molecule is CCc1nnsc1C(=O)OCCN1C(=O)c2ccccc2C1=O. The van der Waals surface area contributed by atoms with Gasteiger partial charge in [0.25, 0.3) is 11.8 Å². The predicted octanol–water partition coefficient (Wildman–Crippen LogP) is 1.55. The van der Waals surface area contributed by atoms with Gasteiger partial charge in [-0.3, -0.25) is 14.5 Å². The van der Waals surface area contributed by atoms with Gasteiger partial charge in [-0.2, -0.15) is 0 Å². The first-order chi connectivity index (χ1) is 11.1. The van der Waals surface area contributed by atoms with Gasteiger partial charge in [-0.25, -0.2) is 4.79 Å². The number of hydrogen-bond acceptors (Lipinski definition) is 7. The minimum Gasteiger partial charge on any atom is -0.460 e. The molecule has 2 heterocycles. The lowest BCUT2D eigenvalue weighted by Gasteiger charge is -2.13. The van der Waals surface area contributed by atoms with Gasteiger partial charge in [-0.05, 0) is 30.1 Å². The molecular formula is C15H13N3O4S. The van der Waals surface area contributed by atoms with Gasteiger partial charge in [0.1, 0.15) is 6.61 Å². The number of rotatable bonds is 5. The zero-order chi connectivity index (χ0) is 16.4. The minimum absolute atomic E-state index is 0.0196. The zero-order valence-electron chi connectivity index (χ0n) is 12.3. The van der Waals surface area contributed by atoms with Crippen LogP contribution in [0.2, 0.25) is 0 Å². The van der Waals surface area contributed by atoms with Crippen LogP contribution in [-0.4, -0.2) is 45.4 Å². The third kappa shape index (κ3) is 2.72. The monoisotopic (exact) mass is 331 g/mol. The van der Waals surface area contributed by atoms with Gasteiger partial charge < -0.3 is 4.74 Å². The maximum atomic E-state index is 12.2. The largest absolute Gasteiger partial charge is 0.460 e. The van der Waals surface area contributed by atoms with Gasteiger partial charge in [0.05, 0.1) is 23.4 Å². The molecule has 23 heavy (non-hydrogen) atoms. The van der Waals surface area contributed by atoms with E-state index in [4.69, 9.17) is 4.74 Å². The Kier molecular flexibility index (Phi) is 4.16. The number of carbonyl (C=O) groups excluding carboxylic acids is 3. The Balaban J connectivity index is 1.61. The minimum atomic E-state index is -0.534. The van der Waals surface area contributed by atoms with Crippen molar-refractivity contribution in [2.75, 3.05) is 13.2 Å². The lowest BCUT2D eigenvalue weighted by atomic mass is 10.1. The molecule has 7 nitrogen and oxygen atoms in total. The number of aromatic nitrogens is 2. The Labute approximate surface area is 136 Å². The van der Waals surface area contributed by atoms with Crippen molar-refractivity contribution < 1.29 is 19.1 Å². The van der Waals surface area contributed by atoms with E-state index in [0.717, 1.165) is 16.4 Å². The van der Waals surface area contributed by atoms with Crippen molar-refractivity contribution in [1.29, 1.82) is 0 Å². The lowest BCUT2D eigenvalue weighted by Crippen LogP contribution is -2.33. The number of fused-ring (bicyclic) bond motifs is 1. The molecule has 0 saturated carbocycles. The summed E-state index contributed by atoms with van der Waals surface area (Å²) in [6.07, 6.45) is 0.583. The number of ether oxygens (including phenoxy) is 1. The molecule has 0 fully saturated rings. The third-order valence-electron chi connectivity index (χ3n) is 3.50. The fourth-order valence-corrected chi connectivity index (χ4v) is 2.98. The van der Waals surface area contributed by atoms with Crippen LogP contribution >= 0.6 is 11.5 Å². The number of amides is 2. The first-order valence-electron chi connectivity index (χ1n) is 7.07. The molecule has 118 valence electrons. The highest BCUT2D eigenvalue weighted by Gasteiger charge is 2.34. The van der Waals surface area contributed by atoms with Gasteiger partial charge in [0.15, 0.2) is 4.88 Å². The summed E-state index contributed by atoms with van der Waals surface area (Å²) in [5, 5.41) is 3.84. The van der Waals surface area contributed by atoms with E-state index in [0.29, 0.717) is 28.1 Å². The van der Waals surface area contributed by atoms with Crippen molar-refractivity contribution in [1.82, 2.24) is 14.5 Å². The molecule has 0 atom stereocenters. The van der Waals surface area contributed by atoms with Gasteiger partial charge in [0, 0.05) is 0 Å². The quantitative estimate of drug-likeness (QED) is 0.610. The molecule has 0 unspecified atom stereocenters. The van der Waals surface area contributed by atoms with Crippen molar-refractivity contribution in [2.24, 2.45) is 0 Å². The van der Waals surface area contributed by atoms with Crippen LogP contribution in [0.15, 0.2) is 24.3 Å². The molecule has 3 rings (SSSR count). The van der Waals surface area contributed by atoms with Crippen molar-refractivity contribution in [3.8, 4) is 0 Å². The number of aryl methyl sites for hydroxylation is 1. The molecule has 1 aromatic heterocycles. The first-order valence-corrected chi connectivity index (χ1v) is 7.84. The summed E-state index contributed by atoms with van der Waals surface area (Å²) < 4.78 is 8.85. The Bertz CT molecular complexity index is 752. The average molecular weight is 331 g/mol. The number of benzene rings is 1. The molecule has 2 amide bonds. The fourth-order valence-electron chi connectivity index (χ4n) is 2.33. The topological polar surface area (TPSA) is 89.5 Å². The van der Waals surface area contributed by atoms with Gasteiger partial charge in [-0.15, -0.1) is 5.10 Å². The molecule has 0 aliphatic carbocycles. The van der Waals surface area contributed by atoms with Gasteiger partial charge in [0.2, 0.25) is 0 Å². The van der Waals surface area contributed by atoms with Gasteiger partial charge >= 0.3 is 5.97 Å². The highest BCUT2D eigenvalue weighted by molar-refractivity contribution is 7.07. The first kappa shape index (κ1) is 15.3. The summed E-state index contributed by atoms with van der Waals surface area (Å²) in [5.41, 5.74) is 1.34. The molecule has 0 saturated heterocycles. The molecule has 8 heteroatoms. The number of nitrogens with zero attached hydrogens (tertiary/aromatic N) is 3. The van der Waals surface area contributed by atoms with E-state index in [1.165, 1.54) is 0 Å². The Morgan fingerprint density at radius 1 is 1.22 bits per heavy atom. The van der Waals surface area contributed by atoms with Crippen LogP contribution in [0.25, 0.3) is 0 Å². The summed E-state index contributed by atoms with van der Waals surface area (Å²) in [6.45, 7) is 1.82. The lowest BCUT2D eigenvalue weighted by molar-refractivity contribution is 0.0423. The number of hydrogen-bond donors (Lipinski definition) is 0. The van der Waals surface area contributed by atoms with E-state index < -0.39 is 5.97 Å². The van der Waals surface area contributed by atoms with E-state index >= 15 is 0 Å². The van der Waals surface area contributed by atoms with Crippen LogP contribution in [0.5, 0.6) is 0 Å². The van der Waals surface area contributed by atoms with E-state index in [1.807, 2.05) is 6.92 Å². The second-order valence-electron chi connectivity index (χ2n) is 4.85. The second kappa shape index (κ2) is 6.25. The molecule has 1 aliphatic rings. The fraction of sp³-hybridized carbons (Fsp3) is 0.267. The van der Waals surface area contributed by atoms with Crippen LogP contribution in [0.3, 0.4) is 0 Å². The summed E-state index contributed by atoms with van der Waals surface area (Å²) in [7, 11) is 0. The number of esters is 1. The average Bonchev–Trinajstić information content (AvgIpc) is 3.14. The highest BCUT2D eigenvalue weighted by Crippen LogP contribution is 2.22. The maximum absolute atomic E-state index is 12.2. The van der Waals surface area contributed by atoms with Crippen LogP contribution < -0.4 is 0 Å². The normalized spacial score (nSPS) is 13.3. The number of imide groups is 1. The maximum Gasteiger partial charge on any atom is 0.351 e. The summed E-state index contributed by atoms with van der Waals surface area (Å²) in [5.74, 6) is -1.26. The molecule has 2 aromatic rings. The van der Waals surface area contributed by atoms with Gasteiger partial charge in [-0.1, -0.05) is 23.5 Å². The second-order valence-corrected chi connectivity index (χ2v) is 5.60. The van der Waals surface area contributed by atoms with Crippen molar-refractivity contribution in [2.45, 2.75) is 13.3 Å². The van der Waals surface area contributed by atoms with Crippen LogP contribution in [0.1, 0.15) is 43.0 Å². The van der Waals surface area contributed by atoms with E-state index in [1.54, 1.807) is 24.3 Å². The molecule has 1 aliphatic heterocycles. The Morgan fingerprint density at radius 2 is 1.87 bits per heavy atom. The Morgan fingerprint density at radius 3 is 2.48 bits per heavy atom. The molecule has 1 aromatic carbocycles. The van der Waals surface area contributed by atoms with Crippen molar-refractivity contribution in [3.05, 3.63) is 46.0 Å². The zero-order valence-corrected chi connectivity index (χ0v) is 13.1. The number of carbonyl (C=O) groups is 3. The van der Waals surface area contributed by atoms with Crippen molar-refractivity contribution in [3.63, 3.8) is 0 Å². The van der Waals surface area contributed by atoms with E-state index in [2.05, 4.69) is 9.59 Å². The predicted molar refractivity (Wildman–Crippen MR) is 81.4 cm³/mol. The van der Waals surface area contributed by atoms with E-state index in [9.17, 15) is 14.4 Å². The smallest absolute Gasteiger partial charge is 0.351 e. The van der Waals surface area contributed by atoms with Crippen molar-refractivity contribution >= 4 is 29.3 Å². The van der Waals surface area contributed by atoms with Crippen LogP contribution in [-0.2, 0) is 11.2 Å². The molecule has 0 radical (unpaired) electrons. The summed E-state index contributed by atoms with van der Waals surface area (Å²) in [6, 6.07) is 6.63. The highest BCUT2D eigenvalue weighted by atomic mass is 32.1. The third-order valence-corrected chi connectivity index (χ3v) is 4.25. The summed E-state index contributed by atoms with van der Waals surface area (Å²) in [4.78, 5) is 37.7. The molecule has 0 N–H and O–H groups in total. The van der Waals surface area contributed by atoms with E-state index in [-0.39, 0.29) is 25.0 Å². The molecule has 0 bridgehead atoms. The van der Waals surface area contributed by atoms with Crippen LogP contribution in [0.4, 0.5) is 0 Å².